The fourth-order valence-electron chi connectivity index (χ4n) is 1.84. The first-order valence-corrected chi connectivity index (χ1v) is 5.25. The van der Waals surface area contributed by atoms with Crippen molar-refractivity contribution in [2.75, 3.05) is 18.4 Å². The number of rotatable bonds is 3. The zero-order valence-electron chi connectivity index (χ0n) is 8.59. The third-order valence-corrected chi connectivity index (χ3v) is 2.71. The average Bonchev–Trinajstić information content (AvgIpc) is 2.69. The molecule has 0 radical (unpaired) electrons. The first kappa shape index (κ1) is 9.46. The van der Waals surface area contributed by atoms with Crippen LogP contribution in [0.4, 0.5) is 5.69 Å². The minimum atomic E-state index is 0.634. The second kappa shape index (κ2) is 4.42. The summed E-state index contributed by atoms with van der Waals surface area (Å²) < 4.78 is 0. The van der Waals surface area contributed by atoms with Crippen LogP contribution in [0.3, 0.4) is 0 Å². The summed E-state index contributed by atoms with van der Waals surface area (Å²) in [7, 11) is 0. The van der Waals surface area contributed by atoms with Gasteiger partial charge < -0.3 is 10.6 Å². The van der Waals surface area contributed by atoms with Gasteiger partial charge in [-0.1, -0.05) is 0 Å². The standard InChI is InChI=1S/C11H17N3/c1-9-11(5-3-6-12-9)14-8-10-4-2-7-13-10/h3,5-6,10,13-14H,2,4,7-8H2,1H3. The van der Waals surface area contributed by atoms with Gasteiger partial charge in [0.05, 0.1) is 11.4 Å². The number of hydrogen-bond acceptors (Lipinski definition) is 3. The first-order chi connectivity index (χ1) is 6.86. The van der Waals surface area contributed by atoms with Crippen LogP contribution in [0, 0.1) is 6.92 Å². The van der Waals surface area contributed by atoms with E-state index < -0.39 is 0 Å². The molecule has 1 fully saturated rings. The molecule has 2 rings (SSSR count). The Bertz CT molecular complexity index is 292. The van der Waals surface area contributed by atoms with Gasteiger partial charge in [-0.05, 0) is 38.4 Å². The maximum Gasteiger partial charge on any atom is 0.0603 e. The SMILES string of the molecule is Cc1ncccc1NCC1CCCN1. The molecule has 0 amide bonds. The van der Waals surface area contributed by atoms with Crippen LogP contribution in [0.15, 0.2) is 18.3 Å². The van der Waals surface area contributed by atoms with Crippen molar-refractivity contribution in [3.8, 4) is 0 Å². The summed E-state index contributed by atoms with van der Waals surface area (Å²) in [6.45, 7) is 4.20. The molecule has 76 valence electrons. The second-order valence-corrected chi connectivity index (χ2v) is 3.81. The van der Waals surface area contributed by atoms with Crippen molar-refractivity contribution in [1.29, 1.82) is 0 Å². The van der Waals surface area contributed by atoms with Crippen LogP contribution in [0.1, 0.15) is 18.5 Å². The molecular formula is C11H17N3. The molecule has 1 atom stereocenters. The van der Waals surface area contributed by atoms with Crippen molar-refractivity contribution >= 4 is 5.69 Å². The molecule has 0 aromatic carbocycles. The van der Waals surface area contributed by atoms with Crippen molar-refractivity contribution in [2.24, 2.45) is 0 Å². The van der Waals surface area contributed by atoms with E-state index in [0.717, 1.165) is 17.9 Å². The van der Waals surface area contributed by atoms with Crippen molar-refractivity contribution in [1.82, 2.24) is 10.3 Å². The topological polar surface area (TPSA) is 37.0 Å². The van der Waals surface area contributed by atoms with Crippen molar-refractivity contribution in [2.45, 2.75) is 25.8 Å². The lowest BCUT2D eigenvalue weighted by Gasteiger charge is -2.13. The van der Waals surface area contributed by atoms with Crippen molar-refractivity contribution < 1.29 is 0 Å². The maximum absolute atomic E-state index is 4.24. The molecule has 3 heteroatoms. The van der Waals surface area contributed by atoms with Crippen LogP contribution in [0.2, 0.25) is 0 Å². The van der Waals surface area contributed by atoms with Crippen molar-refractivity contribution in [3.05, 3.63) is 24.0 Å². The van der Waals surface area contributed by atoms with Crippen LogP contribution < -0.4 is 10.6 Å². The van der Waals surface area contributed by atoms with Gasteiger partial charge in [0, 0.05) is 18.8 Å². The van der Waals surface area contributed by atoms with E-state index in [9.17, 15) is 0 Å². The zero-order chi connectivity index (χ0) is 9.80. The van der Waals surface area contributed by atoms with Crippen molar-refractivity contribution in [3.63, 3.8) is 0 Å². The number of pyridine rings is 1. The predicted octanol–water partition coefficient (Wildman–Crippen LogP) is 1.55. The molecule has 2 heterocycles. The Morgan fingerprint density at radius 2 is 2.57 bits per heavy atom. The number of aryl methyl sites for hydroxylation is 1. The summed E-state index contributed by atoms with van der Waals surface area (Å²) >= 11 is 0. The Hall–Kier alpha value is -1.09. The molecule has 1 aromatic heterocycles. The third-order valence-electron chi connectivity index (χ3n) is 2.71. The molecule has 2 N–H and O–H groups in total. The van der Waals surface area contributed by atoms with Gasteiger partial charge in [0.25, 0.3) is 0 Å². The minimum absolute atomic E-state index is 0.634. The van der Waals surface area contributed by atoms with Gasteiger partial charge in [0.2, 0.25) is 0 Å². The fourth-order valence-corrected chi connectivity index (χ4v) is 1.84. The molecule has 0 spiro atoms. The summed E-state index contributed by atoms with van der Waals surface area (Å²) in [4.78, 5) is 4.24. The highest BCUT2D eigenvalue weighted by Crippen LogP contribution is 2.12. The van der Waals surface area contributed by atoms with Gasteiger partial charge in [-0.15, -0.1) is 0 Å². The molecular weight excluding hydrogens is 174 g/mol. The van der Waals surface area contributed by atoms with Gasteiger partial charge in [-0.25, -0.2) is 0 Å². The highest BCUT2D eigenvalue weighted by Gasteiger charge is 2.13. The Morgan fingerprint density at radius 1 is 1.64 bits per heavy atom. The number of anilines is 1. The number of aromatic nitrogens is 1. The van der Waals surface area contributed by atoms with E-state index in [2.05, 4.69) is 21.7 Å². The average molecular weight is 191 g/mol. The molecule has 1 aliphatic heterocycles. The lowest BCUT2D eigenvalue weighted by molar-refractivity contribution is 0.633. The van der Waals surface area contributed by atoms with E-state index in [0.29, 0.717) is 6.04 Å². The molecule has 1 aromatic rings. The lowest BCUT2D eigenvalue weighted by atomic mass is 10.2. The van der Waals surface area contributed by atoms with Gasteiger partial charge in [-0.2, -0.15) is 0 Å². The maximum atomic E-state index is 4.24. The molecule has 0 aliphatic carbocycles. The second-order valence-electron chi connectivity index (χ2n) is 3.81. The molecule has 0 saturated carbocycles. The van der Waals surface area contributed by atoms with E-state index in [1.54, 1.807) is 0 Å². The first-order valence-electron chi connectivity index (χ1n) is 5.25. The van der Waals surface area contributed by atoms with Gasteiger partial charge in [0.15, 0.2) is 0 Å². The van der Waals surface area contributed by atoms with Crippen LogP contribution >= 0.6 is 0 Å². The molecule has 3 nitrogen and oxygen atoms in total. The zero-order valence-corrected chi connectivity index (χ0v) is 8.59. The molecule has 1 unspecified atom stereocenters. The molecule has 1 aliphatic rings. The summed E-state index contributed by atoms with van der Waals surface area (Å²) in [5, 5.41) is 6.89. The number of hydrogen-bond donors (Lipinski definition) is 2. The van der Waals surface area contributed by atoms with E-state index in [-0.39, 0.29) is 0 Å². The summed E-state index contributed by atoms with van der Waals surface area (Å²) in [5.74, 6) is 0. The monoisotopic (exact) mass is 191 g/mol. The minimum Gasteiger partial charge on any atom is -0.382 e. The Balaban J connectivity index is 1.88. The van der Waals surface area contributed by atoms with E-state index in [1.807, 2.05) is 19.2 Å². The van der Waals surface area contributed by atoms with Gasteiger partial charge in [0.1, 0.15) is 0 Å². The highest BCUT2D eigenvalue weighted by atomic mass is 15.0. The van der Waals surface area contributed by atoms with Crippen LogP contribution in [-0.4, -0.2) is 24.1 Å². The summed E-state index contributed by atoms with van der Waals surface area (Å²) in [6.07, 6.45) is 4.42. The fraction of sp³-hybridized carbons (Fsp3) is 0.545. The Labute approximate surface area is 84.9 Å². The van der Waals surface area contributed by atoms with E-state index >= 15 is 0 Å². The van der Waals surface area contributed by atoms with E-state index in [4.69, 9.17) is 0 Å². The number of nitrogens with one attached hydrogen (secondary N) is 2. The molecule has 0 bridgehead atoms. The van der Waals surface area contributed by atoms with Gasteiger partial charge in [-0.3, -0.25) is 4.98 Å². The highest BCUT2D eigenvalue weighted by molar-refractivity contribution is 5.46. The smallest absolute Gasteiger partial charge is 0.0603 e. The number of nitrogens with zero attached hydrogens (tertiary/aromatic N) is 1. The summed E-state index contributed by atoms with van der Waals surface area (Å²) in [5.41, 5.74) is 2.23. The Kier molecular flexibility index (Phi) is 2.99. The largest absolute Gasteiger partial charge is 0.382 e. The van der Waals surface area contributed by atoms with Crippen LogP contribution in [-0.2, 0) is 0 Å². The third kappa shape index (κ3) is 2.23. The quantitative estimate of drug-likeness (QED) is 0.761. The molecule has 14 heavy (non-hydrogen) atoms. The van der Waals surface area contributed by atoms with E-state index in [1.165, 1.54) is 19.4 Å². The van der Waals surface area contributed by atoms with Gasteiger partial charge >= 0.3 is 0 Å². The van der Waals surface area contributed by atoms with Crippen LogP contribution in [0.5, 0.6) is 0 Å². The molecule has 1 saturated heterocycles. The van der Waals surface area contributed by atoms with Crippen LogP contribution in [0.25, 0.3) is 0 Å². The predicted molar refractivity (Wildman–Crippen MR) is 58.5 cm³/mol. The summed E-state index contributed by atoms with van der Waals surface area (Å²) in [6, 6.07) is 4.68. The Morgan fingerprint density at radius 3 is 3.29 bits per heavy atom. The normalized spacial score (nSPS) is 21.1. The lowest BCUT2D eigenvalue weighted by Crippen LogP contribution is -2.29.